The van der Waals surface area contributed by atoms with E-state index < -0.39 is 18.0 Å². The van der Waals surface area contributed by atoms with Gasteiger partial charge in [0.15, 0.2) is 6.10 Å². The zero-order valence-electron chi connectivity index (χ0n) is 20.6. The third kappa shape index (κ3) is 4.77. The van der Waals surface area contributed by atoms with Crippen LogP contribution in [0, 0.1) is 13.8 Å². The Kier molecular flexibility index (Phi) is 7.27. The molecular formula is C29H27ClN2O4. The highest BCUT2D eigenvalue weighted by molar-refractivity contribution is 6.31. The number of rotatable bonds is 6. The number of halogens is 1. The molecule has 1 atom stereocenters. The second-order valence-electron chi connectivity index (χ2n) is 8.70. The topological polar surface area (TPSA) is 77.4 Å². The van der Waals surface area contributed by atoms with Crippen LogP contribution in [-0.4, -0.2) is 22.5 Å². The van der Waals surface area contributed by atoms with Crippen LogP contribution in [0.3, 0.4) is 0 Å². The maximum atomic E-state index is 13.6. The summed E-state index contributed by atoms with van der Waals surface area (Å²) < 4.78 is 7.01. The van der Waals surface area contributed by atoms with E-state index in [-0.39, 0.29) is 17.7 Å². The molecule has 0 saturated carbocycles. The Morgan fingerprint density at radius 1 is 0.972 bits per heavy atom. The molecule has 36 heavy (non-hydrogen) atoms. The fraction of sp³-hybridized carbons (Fsp3) is 0.207. The van der Waals surface area contributed by atoms with Gasteiger partial charge in [-0.1, -0.05) is 72.6 Å². The van der Waals surface area contributed by atoms with Gasteiger partial charge in [-0.05, 0) is 55.0 Å². The summed E-state index contributed by atoms with van der Waals surface area (Å²) in [6.07, 6.45) is -0.818. The number of hydrogen-bond acceptors (Lipinski definition) is 4. The van der Waals surface area contributed by atoms with Crippen LogP contribution in [-0.2, 0) is 16.6 Å². The SMILES string of the molecule is CCC(OC(=O)c1c(-c2ccc(C)cc2)c2ccccc2c(=O)n1C)C(=O)Nc1cccc(Cl)c1C. The van der Waals surface area contributed by atoms with Gasteiger partial charge in [-0.15, -0.1) is 0 Å². The number of nitrogens with zero attached hydrogens (tertiary/aromatic N) is 1. The van der Waals surface area contributed by atoms with Crippen LogP contribution in [0.2, 0.25) is 5.02 Å². The lowest BCUT2D eigenvalue weighted by atomic mass is 9.96. The first kappa shape index (κ1) is 25.2. The summed E-state index contributed by atoms with van der Waals surface area (Å²) in [6.45, 7) is 5.52. The van der Waals surface area contributed by atoms with Crippen molar-refractivity contribution in [3.8, 4) is 11.1 Å². The van der Waals surface area contributed by atoms with Gasteiger partial charge in [0.1, 0.15) is 5.69 Å². The molecule has 0 aliphatic heterocycles. The Labute approximate surface area is 214 Å². The lowest BCUT2D eigenvalue weighted by Crippen LogP contribution is -2.34. The number of fused-ring (bicyclic) bond motifs is 1. The third-order valence-corrected chi connectivity index (χ3v) is 6.68. The van der Waals surface area contributed by atoms with Crippen molar-refractivity contribution < 1.29 is 14.3 Å². The van der Waals surface area contributed by atoms with Crippen molar-refractivity contribution in [1.82, 2.24) is 4.57 Å². The second-order valence-corrected chi connectivity index (χ2v) is 9.11. The smallest absolute Gasteiger partial charge is 0.356 e. The van der Waals surface area contributed by atoms with E-state index in [0.717, 1.165) is 11.1 Å². The van der Waals surface area contributed by atoms with Gasteiger partial charge in [-0.3, -0.25) is 9.59 Å². The molecule has 4 rings (SSSR count). The molecule has 0 aliphatic carbocycles. The Hall–Kier alpha value is -3.90. The molecule has 0 saturated heterocycles. The maximum absolute atomic E-state index is 13.6. The molecule has 1 heterocycles. The third-order valence-electron chi connectivity index (χ3n) is 6.28. The van der Waals surface area contributed by atoms with E-state index in [1.807, 2.05) is 43.3 Å². The summed E-state index contributed by atoms with van der Waals surface area (Å²) >= 11 is 6.17. The van der Waals surface area contributed by atoms with Gasteiger partial charge >= 0.3 is 5.97 Å². The number of benzene rings is 3. The molecule has 4 aromatic rings. The monoisotopic (exact) mass is 502 g/mol. The summed E-state index contributed by atoms with van der Waals surface area (Å²) in [5, 5.41) is 4.45. The lowest BCUT2D eigenvalue weighted by Gasteiger charge is -2.20. The maximum Gasteiger partial charge on any atom is 0.356 e. The van der Waals surface area contributed by atoms with Crippen molar-refractivity contribution in [2.75, 3.05) is 5.32 Å². The number of nitrogens with one attached hydrogen (secondary N) is 1. The van der Waals surface area contributed by atoms with Crippen LogP contribution in [0.15, 0.2) is 71.5 Å². The molecule has 7 heteroatoms. The fourth-order valence-corrected chi connectivity index (χ4v) is 4.35. The van der Waals surface area contributed by atoms with Crippen LogP contribution in [0.25, 0.3) is 21.9 Å². The number of aryl methyl sites for hydroxylation is 1. The highest BCUT2D eigenvalue weighted by atomic mass is 35.5. The molecule has 3 aromatic carbocycles. The van der Waals surface area contributed by atoms with E-state index in [2.05, 4.69) is 5.32 Å². The van der Waals surface area contributed by atoms with Crippen molar-refractivity contribution in [2.45, 2.75) is 33.3 Å². The number of pyridine rings is 1. The van der Waals surface area contributed by atoms with Crippen LogP contribution < -0.4 is 10.9 Å². The first-order chi connectivity index (χ1) is 17.2. The molecule has 0 spiro atoms. The van der Waals surface area contributed by atoms with Crippen molar-refractivity contribution in [1.29, 1.82) is 0 Å². The molecule has 0 fully saturated rings. The first-order valence-corrected chi connectivity index (χ1v) is 12.1. The number of carbonyl (C=O) groups is 2. The number of aromatic nitrogens is 1. The number of ether oxygens (including phenoxy) is 1. The van der Waals surface area contributed by atoms with E-state index in [9.17, 15) is 14.4 Å². The van der Waals surface area contributed by atoms with Crippen LogP contribution >= 0.6 is 11.6 Å². The highest BCUT2D eigenvalue weighted by Crippen LogP contribution is 2.31. The van der Waals surface area contributed by atoms with E-state index in [1.54, 1.807) is 51.2 Å². The molecule has 1 N–H and O–H groups in total. The fourth-order valence-electron chi connectivity index (χ4n) is 4.18. The Morgan fingerprint density at radius 3 is 2.31 bits per heavy atom. The molecule has 1 amide bonds. The molecule has 1 unspecified atom stereocenters. The van der Waals surface area contributed by atoms with Gasteiger partial charge < -0.3 is 14.6 Å². The molecular weight excluding hydrogens is 476 g/mol. The molecule has 6 nitrogen and oxygen atoms in total. The number of carbonyl (C=O) groups excluding carboxylic acids is 2. The van der Waals surface area contributed by atoms with Gasteiger partial charge in [0.05, 0.1) is 0 Å². The average molecular weight is 503 g/mol. The summed E-state index contributed by atoms with van der Waals surface area (Å²) in [5.41, 5.74) is 3.45. The summed E-state index contributed by atoms with van der Waals surface area (Å²) in [4.78, 5) is 39.8. The lowest BCUT2D eigenvalue weighted by molar-refractivity contribution is -0.124. The largest absolute Gasteiger partial charge is 0.448 e. The van der Waals surface area contributed by atoms with Crippen LogP contribution in [0.4, 0.5) is 5.69 Å². The van der Waals surface area contributed by atoms with Gasteiger partial charge in [0.25, 0.3) is 11.5 Å². The molecule has 0 aliphatic rings. The van der Waals surface area contributed by atoms with E-state index >= 15 is 0 Å². The van der Waals surface area contributed by atoms with E-state index in [4.69, 9.17) is 16.3 Å². The van der Waals surface area contributed by atoms with Crippen molar-refractivity contribution in [2.24, 2.45) is 7.05 Å². The number of amides is 1. The summed E-state index contributed by atoms with van der Waals surface area (Å²) in [5.74, 6) is -1.22. The van der Waals surface area contributed by atoms with Gasteiger partial charge in [-0.25, -0.2) is 4.79 Å². The van der Waals surface area contributed by atoms with E-state index in [1.165, 1.54) is 4.57 Å². The molecule has 0 bridgehead atoms. The van der Waals surface area contributed by atoms with Gasteiger partial charge in [0, 0.05) is 28.7 Å². The number of anilines is 1. The second kappa shape index (κ2) is 10.4. The Morgan fingerprint density at radius 2 is 1.64 bits per heavy atom. The van der Waals surface area contributed by atoms with Gasteiger partial charge in [-0.2, -0.15) is 0 Å². The molecule has 1 aromatic heterocycles. The minimum atomic E-state index is -1.07. The minimum Gasteiger partial charge on any atom is -0.448 e. The minimum absolute atomic E-state index is 0.0905. The molecule has 0 radical (unpaired) electrons. The van der Waals surface area contributed by atoms with Crippen LogP contribution in [0.5, 0.6) is 0 Å². The predicted octanol–water partition coefficient (Wildman–Crippen LogP) is 6.05. The van der Waals surface area contributed by atoms with Crippen molar-refractivity contribution >= 4 is 39.9 Å². The average Bonchev–Trinajstić information content (AvgIpc) is 2.87. The quantitative estimate of drug-likeness (QED) is 0.325. The zero-order chi connectivity index (χ0) is 26.0. The van der Waals surface area contributed by atoms with Crippen LogP contribution in [0.1, 0.15) is 35.0 Å². The van der Waals surface area contributed by atoms with Crippen molar-refractivity contribution in [3.05, 3.63) is 98.9 Å². The summed E-state index contributed by atoms with van der Waals surface area (Å²) in [6, 6.07) is 20.1. The Balaban J connectivity index is 1.76. The first-order valence-electron chi connectivity index (χ1n) is 11.7. The summed E-state index contributed by atoms with van der Waals surface area (Å²) in [7, 11) is 1.54. The van der Waals surface area contributed by atoms with E-state index in [0.29, 0.717) is 32.6 Å². The predicted molar refractivity (Wildman–Crippen MR) is 144 cm³/mol. The molecule has 184 valence electrons. The standard InChI is InChI=1S/C29H27ClN2O4/c1-5-24(27(33)31-23-12-8-11-22(30)18(23)3)36-29(35)26-25(19-15-13-17(2)14-16-19)20-9-6-7-10-21(20)28(34)32(26)4/h6-16,24H,5H2,1-4H3,(H,31,33). The van der Waals surface area contributed by atoms with Gasteiger partial charge in [0.2, 0.25) is 0 Å². The zero-order valence-corrected chi connectivity index (χ0v) is 21.3. The number of esters is 1. The Bertz CT molecular complexity index is 1520. The van der Waals surface area contributed by atoms with Crippen molar-refractivity contribution in [3.63, 3.8) is 0 Å². The number of hydrogen-bond donors (Lipinski definition) is 1. The normalized spacial score (nSPS) is 11.8. The highest BCUT2D eigenvalue weighted by Gasteiger charge is 2.28.